The van der Waals surface area contributed by atoms with E-state index in [0.717, 1.165) is 19.6 Å². The van der Waals surface area contributed by atoms with Gasteiger partial charge in [0.15, 0.2) is 0 Å². The normalized spacial score (nSPS) is 26.1. The molecule has 18 heavy (non-hydrogen) atoms. The van der Waals surface area contributed by atoms with Gasteiger partial charge in [-0.2, -0.15) is 0 Å². The maximum atomic E-state index is 6.79. The molecule has 1 heterocycles. The standard InChI is InChI=1S/C16H23ClO/c1-10-7-11(2)15(12(3)8-10)16(17)14-5-6-18-9-13(14)4/h7-8,13-14,16H,5-6,9H2,1-4H3. The average Bonchev–Trinajstić information content (AvgIpc) is 2.27. The number of aryl methyl sites for hydroxylation is 3. The molecule has 0 spiro atoms. The summed E-state index contributed by atoms with van der Waals surface area (Å²) < 4.78 is 5.52. The van der Waals surface area contributed by atoms with Gasteiger partial charge in [-0.1, -0.05) is 24.6 Å². The quantitative estimate of drug-likeness (QED) is 0.713. The highest BCUT2D eigenvalue weighted by Crippen LogP contribution is 2.41. The van der Waals surface area contributed by atoms with Crippen molar-refractivity contribution in [1.29, 1.82) is 0 Å². The van der Waals surface area contributed by atoms with Crippen LogP contribution in [0.1, 0.15) is 41.0 Å². The molecule has 2 heteroatoms. The molecule has 1 fully saturated rings. The Morgan fingerprint density at radius 2 is 1.83 bits per heavy atom. The molecule has 100 valence electrons. The van der Waals surface area contributed by atoms with Gasteiger partial charge in [-0.3, -0.25) is 0 Å². The first kappa shape index (κ1) is 13.9. The maximum Gasteiger partial charge on any atom is 0.0622 e. The Balaban J connectivity index is 2.30. The molecule has 0 saturated carbocycles. The van der Waals surface area contributed by atoms with E-state index in [1.165, 1.54) is 22.3 Å². The SMILES string of the molecule is Cc1cc(C)c(C(Cl)C2CCOCC2C)c(C)c1. The first-order valence-electron chi connectivity index (χ1n) is 6.80. The van der Waals surface area contributed by atoms with E-state index in [-0.39, 0.29) is 5.38 Å². The molecular formula is C16H23ClO. The van der Waals surface area contributed by atoms with E-state index in [4.69, 9.17) is 16.3 Å². The molecule has 1 nitrogen and oxygen atoms in total. The fourth-order valence-electron chi connectivity index (χ4n) is 3.17. The van der Waals surface area contributed by atoms with Gasteiger partial charge in [0.25, 0.3) is 0 Å². The van der Waals surface area contributed by atoms with Crippen molar-refractivity contribution in [3.8, 4) is 0 Å². The van der Waals surface area contributed by atoms with E-state index in [1.54, 1.807) is 0 Å². The predicted molar refractivity (Wildman–Crippen MR) is 77.3 cm³/mol. The van der Waals surface area contributed by atoms with Crippen molar-refractivity contribution in [2.75, 3.05) is 13.2 Å². The van der Waals surface area contributed by atoms with Gasteiger partial charge in [-0.15, -0.1) is 11.6 Å². The fraction of sp³-hybridized carbons (Fsp3) is 0.625. The van der Waals surface area contributed by atoms with E-state index in [2.05, 4.69) is 39.8 Å². The lowest BCUT2D eigenvalue weighted by molar-refractivity contribution is 0.0227. The Hall–Kier alpha value is -0.530. The average molecular weight is 267 g/mol. The highest BCUT2D eigenvalue weighted by Gasteiger charge is 2.31. The molecule has 1 aliphatic heterocycles. The number of ether oxygens (including phenoxy) is 1. The zero-order valence-corrected chi connectivity index (χ0v) is 12.6. The van der Waals surface area contributed by atoms with E-state index >= 15 is 0 Å². The number of alkyl halides is 1. The van der Waals surface area contributed by atoms with Crippen molar-refractivity contribution in [1.82, 2.24) is 0 Å². The van der Waals surface area contributed by atoms with Crippen molar-refractivity contribution in [3.63, 3.8) is 0 Å². The molecule has 3 atom stereocenters. The Bertz CT molecular complexity index is 404. The third-order valence-corrected chi connectivity index (χ3v) is 4.64. The molecule has 1 aromatic carbocycles. The van der Waals surface area contributed by atoms with Crippen LogP contribution in [0, 0.1) is 32.6 Å². The van der Waals surface area contributed by atoms with Gasteiger partial charge < -0.3 is 4.74 Å². The molecule has 0 amide bonds. The lowest BCUT2D eigenvalue weighted by Crippen LogP contribution is -2.28. The van der Waals surface area contributed by atoms with Crippen molar-refractivity contribution in [3.05, 3.63) is 34.4 Å². The van der Waals surface area contributed by atoms with Crippen LogP contribution in [0.15, 0.2) is 12.1 Å². The van der Waals surface area contributed by atoms with Crippen LogP contribution in [0.4, 0.5) is 0 Å². The lowest BCUT2D eigenvalue weighted by atomic mass is 9.81. The molecule has 0 aromatic heterocycles. The zero-order valence-electron chi connectivity index (χ0n) is 11.8. The lowest BCUT2D eigenvalue weighted by Gasteiger charge is -2.33. The summed E-state index contributed by atoms with van der Waals surface area (Å²) in [6.45, 7) is 10.4. The minimum absolute atomic E-state index is 0.115. The Labute approximate surface area is 115 Å². The van der Waals surface area contributed by atoms with Crippen LogP contribution in [0.2, 0.25) is 0 Å². The third-order valence-electron chi connectivity index (χ3n) is 4.10. The second kappa shape index (κ2) is 5.63. The fourth-order valence-corrected chi connectivity index (χ4v) is 3.89. The number of rotatable bonds is 2. The summed E-state index contributed by atoms with van der Waals surface area (Å²) in [5.74, 6) is 1.07. The summed E-state index contributed by atoms with van der Waals surface area (Å²) in [5, 5.41) is 0.115. The van der Waals surface area contributed by atoms with Gasteiger partial charge in [0.1, 0.15) is 0 Å². The van der Waals surface area contributed by atoms with Gasteiger partial charge in [0.05, 0.1) is 5.38 Å². The topological polar surface area (TPSA) is 9.23 Å². The second-order valence-electron chi connectivity index (χ2n) is 5.72. The minimum atomic E-state index is 0.115. The van der Waals surface area contributed by atoms with Gasteiger partial charge in [0, 0.05) is 13.2 Å². The molecule has 1 aromatic rings. The molecular weight excluding hydrogens is 244 g/mol. The maximum absolute atomic E-state index is 6.79. The smallest absolute Gasteiger partial charge is 0.0622 e. The molecule has 2 rings (SSSR count). The van der Waals surface area contributed by atoms with Gasteiger partial charge in [-0.25, -0.2) is 0 Å². The van der Waals surface area contributed by atoms with Gasteiger partial charge in [0.2, 0.25) is 0 Å². The van der Waals surface area contributed by atoms with Crippen LogP contribution >= 0.6 is 11.6 Å². The van der Waals surface area contributed by atoms with E-state index < -0.39 is 0 Å². The van der Waals surface area contributed by atoms with Crippen molar-refractivity contribution >= 4 is 11.6 Å². The van der Waals surface area contributed by atoms with E-state index in [1.807, 2.05) is 0 Å². The van der Waals surface area contributed by atoms with Crippen molar-refractivity contribution in [2.45, 2.75) is 39.5 Å². The second-order valence-corrected chi connectivity index (χ2v) is 6.19. The van der Waals surface area contributed by atoms with Crippen molar-refractivity contribution < 1.29 is 4.74 Å². The third kappa shape index (κ3) is 2.73. The van der Waals surface area contributed by atoms with Crippen LogP contribution in [0.5, 0.6) is 0 Å². The Morgan fingerprint density at radius 1 is 1.22 bits per heavy atom. The van der Waals surface area contributed by atoms with Crippen LogP contribution in [-0.4, -0.2) is 13.2 Å². The Morgan fingerprint density at radius 3 is 2.39 bits per heavy atom. The predicted octanol–water partition coefficient (Wildman–Crippen LogP) is 4.56. The summed E-state index contributed by atoms with van der Waals surface area (Å²) in [5.41, 5.74) is 5.30. The molecule has 0 bridgehead atoms. The Kier molecular flexibility index (Phi) is 4.34. The summed E-state index contributed by atoms with van der Waals surface area (Å²) in [7, 11) is 0. The zero-order chi connectivity index (χ0) is 13.3. The van der Waals surface area contributed by atoms with Crippen LogP contribution in [0.25, 0.3) is 0 Å². The summed E-state index contributed by atoms with van der Waals surface area (Å²) in [6.07, 6.45) is 1.07. The number of hydrogen-bond acceptors (Lipinski definition) is 1. The highest BCUT2D eigenvalue weighted by atomic mass is 35.5. The monoisotopic (exact) mass is 266 g/mol. The summed E-state index contributed by atoms with van der Waals surface area (Å²) in [6, 6.07) is 4.48. The molecule has 3 unspecified atom stereocenters. The minimum Gasteiger partial charge on any atom is -0.381 e. The van der Waals surface area contributed by atoms with E-state index in [9.17, 15) is 0 Å². The van der Waals surface area contributed by atoms with Gasteiger partial charge in [-0.05, 0) is 55.7 Å². The molecule has 0 aliphatic carbocycles. The van der Waals surface area contributed by atoms with Crippen LogP contribution in [0.3, 0.4) is 0 Å². The van der Waals surface area contributed by atoms with E-state index in [0.29, 0.717) is 11.8 Å². The summed E-state index contributed by atoms with van der Waals surface area (Å²) in [4.78, 5) is 0. The molecule has 0 N–H and O–H groups in total. The van der Waals surface area contributed by atoms with Crippen molar-refractivity contribution in [2.24, 2.45) is 11.8 Å². The molecule has 1 saturated heterocycles. The van der Waals surface area contributed by atoms with Crippen LogP contribution in [-0.2, 0) is 4.74 Å². The largest absolute Gasteiger partial charge is 0.381 e. The summed E-state index contributed by atoms with van der Waals surface area (Å²) >= 11 is 6.79. The van der Waals surface area contributed by atoms with Gasteiger partial charge >= 0.3 is 0 Å². The molecule has 0 radical (unpaired) electrons. The number of benzene rings is 1. The number of halogens is 1. The van der Waals surface area contributed by atoms with Crippen LogP contribution < -0.4 is 0 Å². The first-order valence-corrected chi connectivity index (χ1v) is 7.24. The highest BCUT2D eigenvalue weighted by molar-refractivity contribution is 6.21. The first-order chi connectivity index (χ1) is 8.50. The number of hydrogen-bond donors (Lipinski definition) is 0. The molecule has 1 aliphatic rings.